The molecule has 36 heavy (non-hydrogen) atoms. The van der Waals surface area contributed by atoms with Crippen LogP contribution in [0.4, 0.5) is 0 Å². The Morgan fingerprint density at radius 2 is 1.22 bits per heavy atom. The van der Waals surface area contributed by atoms with Crippen molar-refractivity contribution < 1.29 is 9.59 Å². The normalized spacial score (nSPS) is 14.3. The van der Waals surface area contributed by atoms with Gasteiger partial charge in [0, 0.05) is 28.3 Å². The van der Waals surface area contributed by atoms with Gasteiger partial charge in [0.25, 0.3) is 0 Å². The molecule has 5 nitrogen and oxygen atoms in total. The molecule has 4 aromatic carbocycles. The van der Waals surface area contributed by atoms with E-state index in [1.807, 2.05) is 60.0 Å². The van der Waals surface area contributed by atoms with E-state index in [1.165, 1.54) is 5.56 Å². The summed E-state index contributed by atoms with van der Waals surface area (Å²) in [7, 11) is 0. The summed E-state index contributed by atoms with van der Waals surface area (Å²) < 4.78 is 3.58. The van der Waals surface area contributed by atoms with E-state index in [1.54, 1.807) is 41.0 Å². The molecule has 0 bridgehead atoms. The lowest BCUT2D eigenvalue weighted by molar-refractivity contribution is 0.102. The third kappa shape index (κ3) is 3.43. The third-order valence-electron chi connectivity index (χ3n) is 7.04. The molecule has 0 fully saturated rings. The summed E-state index contributed by atoms with van der Waals surface area (Å²) in [6.07, 6.45) is 0.867. The Labute approximate surface area is 208 Å². The van der Waals surface area contributed by atoms with E-state index in [2.05, 4.69) is 13.0 Å². The number of hydrogen-bond acceptors (Lipinski definition) is 3. The number of carbonyl (C=O) groups is 2. The largest absolute Gasteiger partial charge is 0.333 e. The molecule has 176 valence electrons. The van der Waals surface area contributed by atoms with Gasteiger partial charge >= 0.3 is 5.69 Å². The van der Waals surface area contributed by atoms with E-state index >= 15 is 0 Å². The van der Waals surface area contributed by atoms with Crippen LogP contribution < -0.4 is 5.69 Å². The van der Waals surface area contributed by atoms with Crippen LogP contribution in [-0.2, 0) is 6.42 Å². The van der Waals surface area contributed by atoms with Gasteiger partial charge in [-0.25, -0.2) is 4.79 Å². The molecule has 1 unspecified atom stereocenters. The lowest BCUT2D eigenvalue weighted by Crippen LogP contribution is -2.24. The van der Waals surface area contributed by atoms with Crippen LogP contribution in [0.15, 0.2) is 95.8 Å². The van der Waals surface area contributed by atoms with Crippen LogP contribution in [-0.4, -0.2) is 20.7 Å². The maximum atomic E-state index is 13.2. The average molecular weight is 473 g/mol. The van der Waals surface area contributed by atoms with Gasteiger partial charge in [0.1, 0.15) is 0 Å². The first-order valence-electron chi connectivity index (χ1n) is 12.0. The molecule has 0 amide bonds. The van der Waals surface area contributed by atoms with Crippen molar-refractivity contribution >= 4 is 22.6 Å². The van der Waals surface area contributed by atoms with E-state index in [0.29, 0.717) is 22.3 Å². The number of imidazole rings is 1. The Hall–Kier alpha value is -4.51. The van der Waals surface area contributed by atoms with Crippen LogP contribution in [0.1, 0.15) is 55.9 Å². The van der Waals surface area contributed by atoms with Gasteiger partial charge in [-0.1, -0.05) is 66.2 Å². The van der Waals surface area contributed by atoms with E-state index in [9.17, 15) is 14.4 Å². The van der Waals surface area contributed by atoms with Crippen molar-refractivity contribution in [3.63, 3.8) is 0 Å². The van der Waals surface area contributed by atoms with Crippen LogP contribution in [0, 0.1) is 6.92 Å². The van der Waals surface area contributed by atoms with Crippen LogP contribution in [0.3, 0.4) is 0 Å². The number of hydrogen-bond donors (Lipinski definition) is 0. The number of aryl methyl sites for hydroxylation is 1. The van der Waals surface area contributed by atoms with Crippen molar-refractivity contribution in [2.75, 3.05) is 0 Å². The highest BCUT2D eigenvalue weighted by Crippen LogP contribution is 2.32. The van der Waals surface area contributed by atoms with E-state index in [-0.39, 0.29) is 23.3 Å². The molecule has 5 aromatic rings. The van der Waals surface area contributed by atoms with Crippen molar-refractivity contribution in [2.24, 2.45) is 0 Å². The number of rotatable bonds is 5. The van der Waals surface area contributed by atoms with Crippen LogP contribution in [0.5, 0.6) is 0 Å². The van der Waals surface area contributed by atoms with Gasteiger partial charge in [0.2, 0.25) is 0 Å². The number of nitrogens with zero attached hydrogens (tertiary/aromatic N) is 2. The minimum absolute atomic E-state index is 0.0599. The number of benzene rings is 4. The molecule has 0 N–H and O–H groups in total. The van der Waals surface area contributed by atoms with Crippen molar-refractivity contribution in [3.8, 4) is 5.69 Å². The standard InChI is InChI=1S/C31H24N2O3/c1-19-6-8-21(9-7-19)29(34)22-10-12-23(13-11-22)30(35)24-14-16-26(17-15-24)33-27-5-3-4-25-18-20(2)32(28(25)27)31(33)36/h3-17,20H,18H2,1-2H3. The van der Waals surface area contributed by atoms with Crippen molar-refractivity contribution in [3.05, 3.63) is 135 Å². The fraction of sp³-hybridized carbons (Fsp3) is 0.129. The second kappa shape index (κ2) is 8.31. The van der Waals surface area contributed by atoms with Crippen molar-refractivity contribution in [1.82, 2.24) is 9.13 Å². The molecule has 0 radical (unpaired) electrons. The molecule has 1 aliphatic rings. The molecule has 0 saturated heterocycles. The summed E-state index contributed by atoms with van der Waals surface area (Å²) in [5.74, 6) is -0.212. The Morgan fingerprint density at radius 3 is 1.78 bits per heavy atom. The Morgan fingerprint density at radius 1 is 0.722 bits per heavy atom. The molecule has 0 spiro atoms. The summed E-state index contributed by atoms with van der Waals surface area (Å²) in [4.78, 5) is 39.1. The van der Waals surface area contributed by atoms with Crippen molar-refractivity contribution in [2.45, 2.75) is 26.3 Å². The van der Waals surface area contributed by atoms with E-state index in [4.69, 9.17) is 0 Å². The maximum absolute atomic E-state index is 13.2. The maximum Gasteiger partial charge on any atom is 0.333 e. The summed E-state index contributed by atoms with van der Waals surface area (Å²) >= 11 is 0. The molecule has 1 aromatic heterocycles. The zero-order chi connectivity index (χ0) is 25.0. The van der Waals surface area contributed by atoms with Gasteiger partial charge in [0.05, 0.1) is 16.7 Å². The SMILES string of the molecule is Cc1ccc(C(=O)c2ccc(C(=O)c3ccc(-n4c(=O)n5c6c(cccc64)CC5C)cc3)cc2)cc1. The molecule has 5 heteroatoms. The fourth-order valence-corrected chi connectivity index (χ4v) is 5.15. The van der Waals surface area contributed by atoms with Gasteiger partial charge in [-0.3, -0.25) is 18.7 Å². The Balaban J connectivity index is 1.27. The highest BCUT2D eigenvalue weighted by Gasteiger charge is 2.26. The summed E-state index contributed by atoms with van der Waals surface area (Å²) in [5.41, 5.74) is 7.01. The van der Waals surface area contributed by atoms with Crippen LogP contribution in [0.25, 0.3) is 16.7 Å². The van der Waals surface area contributed by atoms with E-state index < -0.39 is 0 Å². The summed E-state index contributed by atoms with van der Waals surface area (Å²) in [5, 5.41) is 0. The number of ketones is 2. The molecular formula is C31H24N2O3. The summed E-state index contributed by atoms with van der Waals surface area (Å²) in [6, 6.07) is 27.5. The first-order valence-corrected chi connectivity index (χ1v) is 12.0. The minimum atomic E-state index is -0.136. The van der Waals surface area contributed by atoms with Gasteiger partial charge < -0.3 is 0 Å². The lowest BCUT2D eigenvalue weighted by Gasteiger charge is -2.08. The second-order valence-corrected chi connectivity index (χ2v) is 9.47. The topological polar surface area (TPSA) is 61.1 Å². The predicted octanol–water partition coefficient (Wildman–Crippen LogP) is 5.68. The molecule has 2 heterocycles. The molecule has 1 atom stereocenters. The molecule has 6 rings (SSSR count). The van der Waals surface area contributed by atoms with Crippen LogP contribution >= 0.6 is 0 Å². The Bertz CT molecular complexity index is 1700. The lowest BCUT2D eigenvalue weighted by atomic mass is 9.98. The zero-order valence-electron chi connectivity index (χ0n) is 20.1. The van der Waals surface area contributed by atoms with Crippen LogP contribution in [0.2, 0.25) is 0 Å². The number of para-hydroxylation sites is 1. The van der Waals surface area contributed by atoms with Gasteiger partial charge in [-0.15, -0.1) is 0 Å². The number of carbonyl (C=O) groups excluding carboxylic acids is 2. The molecule has 0 aliphatic carbocycles. The monoisotopic (exact) mass is 472 g/mol. The molecule has 0 saturated carbocycles. The highest BCUT2D eigenvalue weighted by atomic mass is 16.2. The molecular weight excluding hydrogens is 448 g/mol. The summed E-state index contributed by atoms with van der Waals surface area (Å²) in [6.45, 7) is 4.04. The van der Waals surface area contributed by atoms with Gasteiger partial charge in [-0.2, -0.15) is 0 Å². The van der Waals surface area contributed by atoms with Gasteiger partial charge in [0.15, 0.2) is 11.6 Å². The highest BCUT2D eigenvalue weighted by molar-refractivity contribution is 6.11. The second-order valence-electron chi connectivity index (χ2n) is 9.47. The Kier molecular flexibility index (Phi) is 5.07. The first kappa shape index (κ1) is 22.0. The number of aromatic nitrogens is 2. The average Bonchev–Trinajstić information content (AvgIpc) is 3.41. The molecule has 1 aliphatic heterocycles. The quantitative estimate of drug-likeness (QED) is 0.309. The third-order valence-corrected chi connectivity index (χ3v) is 7.04. The zero-order valence-corrected chi connectivity index (χ0v) is 20.1. The smallest absolute Gasteiger partial charge is 0.289 e. The first-order chi connectivity index (χ1) is 17.4. The van der Waals surface area contributed by atoms with E-state index in [0.717, 1.165) is 28.7 Å². The minimum Gasteiger partial charge on any atom is -0.289 e. The van der Waals surface area contributed by atoms with Gasteiger partial charge in [-0.05, 0) is 56.2 Å². The fourth-order valence-electron chi connectivity index (χ4n) is 5.15. The predicted molar refractivity (Wildman–Crippen MR) is 140 cm³/mol. The van der Waals surface area contributed by atoms with Crippen molar-refractivity contribution in [1.29, 1.82) is 0 Å².